The summed E-state index contributed by atoms with van der Waals surface area (Å²) in [6.07, 6.45) is 1.24. The fraction of sp³-hybridized carbons (Fsp3) is 0.462. The summed E-state index contributed by atoms with van der Waals surface area (Å²) in [6.45, 7) is 0. The van der Waals surface area contributed by atoms with Gasteiger partial charge in [-0.15, -0.1) is 0 Å². The van der Waals surface area contributed by atoms with Gasteiger partial charge in [0.1, 0.15) is 29.0 Å². The van der Waals surface area contributed by atoms with Crippen LogP contribution >= 0.6 is 0 Å². The Morgan fingerprint density at radius 1 is 1.42 bits per heavy atom. The molecule has 2 rings (SSSR count). The molecule has 6 heteroatoms. The van der Waals surface area contributed by atoms with Crippen LogP contribution < -0.4 is 15.8 Å². The maximum atomic E-state index is 13.0. The van der Waals surface area contributed by atoms with Crippen molar-refractivity contribution in [1.29, 1.82) is 0 Å². The first-order valence-corrected chi connectivity index (χ1v) is 6.07. The standard InChI is InChI=1S/C13H16F2N2O2/c1-17-13(12(16)18)3-2-10(7-13)19-11-5-8(14)4-9(15)6-11/h4-6,10,17H,2-3,7H2,1H3,(H2,16,18). The molecule has 0 radical (unpaired) electrons. The molecule has 104 valence electrons. The SMILES string of the molecule is CNC1(C(N)=O)CCC(Oc2cc(F)cc(F)c2)C1. The van der Waals surface area contributed by atoms with Gasteiger partial charge < -0.3 is 15.8 Å². The summed E-state index contributed by atoms with van der Waals surface area (Å²) in [5.74, 6) is -1.70. The molecule has 1 saturated carbocycles. The molecule has 0 aliphatic heterocycles. The van der Waals surface area contributed by atoms with E-state index in [2.05, 4.69) is 5.32 Å². The Kier molecular flexibility index (Phi) is 3.71. The first-order chi connectivity index (χ1) is 8.95. The van der Waals surface area contributed by atoms with Crippen molar-refractivity contribution in [1.82, 2.24) is 5.32 Å². The average Bonchev–Trinajstić information content (AvgIpc) is 2.72. The summed E-state index contributed by atoms with van der Waals surface area (Å²) >= 11 is 0. The molecule has 1 aromatic carbocycles. The van der Waals surface area contributed by atoms with E-state index in [9.17, 15) is 13.6 Å². The minimum atomic E-state index is -0.795. The number of carbonyl (C=O) groups is 1. The molecule has 0 spiro atoms. The van der Waals surface area contributed by atoms with E-state index in [4.69, 9.17) is 10.5 Å². The first-order valence-electron chi connectivity index (χ1n) is 6.07. The van der Waals surface area contributed by atoms with Gasteiger partial charge >= 0.3 is 0 Å². The molecule has 1 aliphatic rings. The molecular weight excluding hydrogens is 254 g/mol. The number of carbonyl (C=O) groups excluding carboxylic acids is 1. The lowest BCUT2D eigenvalue weighted by Crippen LogP contribution is -2.52. The summed E-state index contributed by atoms with van der Waals surface area (Å²) in [5, 5.41) is 2.91. The molecule has 19 heavy (non-hydrogen) atoms. The Balaban J connectivity index is 2.08. The van der Waals surface area contributed by atoms with E-state index in [0.717, 1.165) is 18.2 Å². The van der Waals surface area contributed by atoms with Crippen LogP contribution in [0.1, 0.15) is 19.3 Å². The van der Waals surface area contributed by atoms with Crippen LogP contribution in [0.4, 0.5) is 8.78 Å². The number of primary amides is 1. The van der Waals surface area contributed by atoms with Crippen molar-refractivity contribution in [2.45, 2.75) is 30.9 Å². The Bertz CT molecular complexity index is 475. The molecule has 0 bridgehead atoms. The van der Waals surface area contributed by atoms with Crippen molar-refractivity contribution in [2.24, 2.45) is 5.73 Å². The molecule has 0 aromatic heterocycles. The number of rotatable bonds is 4. The minimum absolute atomic E-state index is 0.124. The predicted octanol–water partition coefficient (Wildman–Crippen LogP) is 1.34. The minimum Gasteiger partial charge on any atom is -0.490 e. The van der Waals surface area contributed by atoms with E-state index in [1.807, 2.05) is 0 Å². The summed E-state index contributed by atoms with van der Waals surface area (Å²) in [6, 6.07) is 3.02. The summed E-state index contributed by atoms with van der Waals surface area (Å²) < 4.78 is 31.6. The molecule has 2 atom stereocenters. The van der Waals surface area contributed by atoms with Gasteiger partial charge in [-0.05, 0) is 19.9 Å². The topological polar surface area (TPSA) is 64.3 Å². The highest BCUT2D eigenvalue weighted by atomic mass is 19.1. The van der Waals surface area contributed by atoms with Crippen LogP contribution in [0.2, 0.25) is 0 Å². The second-order valence-corrected chi connectivity index (χ2v) is 4.78. The third-order valence-electron chi connectivity index (χ3n) is 3.56. The van der Waals surface area contributed by atoms with Crippen LogP contribution in [0.15, 0.2) is 18.2 Å². The fourth-order valence-corrected chi connectivity index (χ4v) is 2.46. The lowest BCUT2D eigenvalue weighted by Gasteiger charge is -2.24. The van der Waals surface area contributed by atoms with Gasteiger partial charge in [-0.1, -0.05) is 0 Å². The third kappa shape index (κ3) is 2.84. The van der Waals surface area contributed by atoms with Crippen molar-refractivity contribution in [3.63, 3.8) is 0 Å². The lowest BCUT2D eigenvalue weighted by molar-refractivity contribution is -0.124. The van der Waals surface area contributed by atoms with Crippen molar-refractivity contribution in [3.8, 4) is 5.75 Å². The zero-order valence-electron chi connectivity index (χ0n) is 10.6. The van der Waals surface area contributed by atoms with Gasteiger partial charge in [0.15, 0.2) is 0 Å². The molecular formula is C13H16F2N2O2. The number of halogens is 2. The molecule has 1 fully saturated rings. The van der Waals surface area contributed by atoms with Gasteiger partial charge in [-0.2, -0.15) is 0 Å². The Labute approximate surface area is 109 Å². The molecule has 4 nitrogen and oxygen atoms in total. The highest BCUT2D eigenvalue weighted by molar-refractivity contribution is 5.85. The largest absolute Gasteiger partial charge is 0.490 e. The van der Waals surface area contributed by atoms with Crippen LogP contribution in [0.25, 0.3) is 0 Å². The highest BCUT2D eigenvalue weighted by Gasteiger charge is 2.43. The van der Waals surface area contributed by atoms with Crippen LogP contribution in [-0.2, 0) is 4.79 Å². The van der Waals surface area contributed by atoms with Gasteiger partial charge in [0.25, 0.3) is 0 Å². The zero-order valence-corrected chi connectivity index (χ0v) is 10.6. The van der Waals surface area contributed by atoms with E-state index < -0.39 is 23.1 Å². The number of amides is 1. The quantitative estimate of drug-likeness (QED) is 0.867. The maximum Gasteiger partial charge on any atom is 0.237 e. The van der Waals surface area contributed by atoms with E-state index >= 15 is 0 Å². The Morgan fingerprint density at radius 3 is 2.53 bits per heavy atom. The number of ether oxygens (including phenoxy) is 1. The van der Waals surface area contributed by atoms with Crippen molar-refractivity contribution < 1.29 is 18.3 Å². The zero-order chi connectivity index (χ0) is 14.0. The van der Waals surface area contributed by atoms with Crippen LogP contribution in [0.5, 0.6) is 5.75 Å². The molecule has 3 N–H and O–H groups in total. The van der Waals surface area contributed by atoms with Crippen LogP contribution in [0, 0.1) is 11.6 Å². The molecule has 1 amide bonds. The van der Waals surface area contributed by atoms with Crippen molar-refractivity contribution in [3.05, 3.63) is 29.8 Å². The maximum absolute atomic E-state index is 13.0. The van der Waals surface area contributed by atoms with Crippen LogP contribution in [-0.4, -0.2) is 24.6 Å². The smallest absolute Gasteiger partial charge is 0.237 e. The Morgan fingerprint density at radius 2 is 2.05 bits per heavy atom. The number of hydrogen-bond acceptors (Lipinski definition) is 3. The van der Waals surface area contributed by atoms with E-state index in [1.54, 1.807) is 7.05 Å². The van der Waals surface area contributed by atoms with Gasteiger partial charge in [0.2, 0.25) is 5.91 Å². The molecule has 2 unspecified atom stereocenters. The average molecular weight is 270 g/mol. The van der Waals surface area contributed by atoms with E-state index in [1.165, 1.54) is 0 Å². The lowest BCUT2D eigenvalue weighted by atomic mass is 9.97. The number of nitrogens with one attached hydrogen (secondary N) is 1. The highest BCUT2D eigenvalue weighted by Crippen LogP contribution is 2.32. The molecule has 1 aliphatic carbocycles. The van der Waals surface area contributed by atoms with Crippen molar-refractivity contribution in [2.75, 3.05) is 7.05 Å². The number of hydrogen-bond donors (Lipinski definition) is 2. The van der Waals surface area contributed by atoms with Gasteiger partial charge in [-0.3, -0.25) is 4.79 Å². The summed E-state index contributed by atoms with van der Waals surface area (Å²) in [4.78, 5) is 11.4. The van der Waals surface area contributed by atoms with Crippen LogP contribution in [0.3, 0.4) is 0 Å². The van der Waals surface area contributed by atoms with Gasteiger partial charge in [-0.25, -0.2) is 8.78 Å². The molecule has 0 saturated heterocycles. The van der Waals surface area contributed by atoms with Gasteiger partial charge in [0.05, 0.1) is 0 Å². The fourth-order valence-electron chi connectivity index (χ4n) is 2.46. The Hall–Kier alpha value is -1.69. The van der Waals surface area contributed by atoms with Crippen molar-refractivity contribution >= 4 is 5.91 Å². The number of likely N-dealkylation sites (N-methyl/N-ethyl adjacent to an activating group) is 1. The monoisotopic (exact) mass is 270 g/mol. The van der Waals surface area contributed by atoms with Gasteiger partial charge in [0, 0.05) is 24.6 Å². The summed E-state index contributed by atoms with van der Waals surface area (Å²) in [5.41, 5.74) is 4.57. The molecule has 0 heterocycles. The second-order valence-electron chi connectivity index (χ2n) is 4.78. The second kappa shape index (κ2) is 5.13. The van der Waals surface area contributed by atoms with E-state index in [-0.39, 0.29) is 11.9 Å². The van der Waals surface area contributed by atoms with E-state index in [0.29, 0.717) is 19.3 Å². The molecule has 1 aromatic rings. The first kappa shape index (κ1) is 13.7. The number of benzene rings is 1. The third-order valence-corrected chi connectivity index (χ3v) is 3.56. The predicted molar refractivity (Wildman–Crippen MR) is 65.6 cm³/mol. The normalized spacial score (nSPS) is 26.4. The number of nitrogens with two attached hydrogens (primary N) is 1. The summed E-state index contributed by atoms with van der Waals surface area (Å²) in [7, 11) is 1.66.